The van der Waals surface area contributed by atoms with Crippen LogP contribution in [0.3, 0.4) is 0 Å². The lowest BCUT2D eigenvalue weighted by Gasteiger charge is -2.13. The number of anilines is 1. The molecule has 2 aromatic carbocycles. The topological polar surface area (TPSA) is 75.5 Å². The van der Waals surface area contributed by atoms with Crippen LogP contribution in [0.4, 0.5) is 17.1 Å². The Labute approximate surface area is 135 Å². The second-order valence-corrected chi connectivity index (χ2v) is 4.92. The molecule has 0 aliphatic heterocycles. The molecule has 0 bridgehead atoms. The first-order valence-electron chi connectivity index (χ1n) is 6.94. The second-order valence-electron chi connectivity index (χ2n) is 4.92. The molecule has 0 N–H and O–H groups in total. The van der Waals surface area contributed by atoms with Crippen molar-refractivity contribution in [3.8, 4) is 12.1 Å². The van der Waals surface area contributed by atoms with Gasteiger partial charge in [0, 0.05) is 19.7 Å². The normalized spacial score (nSPS) is 9.91. The summed E-state index contributed by atoms with van der Waals surface area (Å²) in [6.07, 6.45) is 1.51. The van der Waals surface area contributed by atoms with Crippen molar-refractivity contribution in [3.05, 3.63) is 59.7 Å². The SMILES string of the molecule is CN(C)c1ccccc1N=Nc1ccccc1C=C(C#N)C#N. The van der Waals surface area contributed by atoms with Gasteiger partial charge in [-0.25, -0.2) is 0 Å². The second kappa shape index (κ2) is 7.53. The third kappa shape index (κ3) is 4.03. The zero-order chi connectivity index (χ0) is 16.7. The fourth-order valence-electron chi connectivity index (χ4n) is 1.98. The first-order chi connectivity index (χ1) is 11.2. The molecule has 0 aromatic heterocycles. The Balaban J connectivity index is 2.41. The number of hydrogen-bond donors (Lipinski definition) is 0. The van der Waals surface area contributed by atoms with Crippen LogP contribution in [0.25, 0.3) is 6.08 Å². The van der Waals surface area contributed by atoms with Gasteiger partial charge in [-0.15, -0.1) is 10.2 Å². The highest BCUT2D eigenvalue weighted by atomic mass is 15.1. The Morgan fingerprint density at radius 1 is 0.913 bits per heavy atom. The first-order valence-corrected chi connectivity index (χ1v) is 6.94. The van der Waals surface area contributed by atoms with E-state index in [0.29, 0.717) is 11.3 Å². The molecule has 0 aliphatic carbocycles. The van der Waals surface area contributed by atoms with Gasteiger partial charge in [-0.1, -0.05) is 30.3 Å². The zero-order valence-electron chi connectivity index (χ0n) is 12.9. The Bertz CT molecular complexity index is 819. The maximum Gasteiger partial charge on any atom is 0.130 e. The van der Waals surface area contributed by atoms with E-state index in [1.807, 2.05) is 67.5 Å². The molecule has 2 rings (SSSR count). The molecule has 0 spiro atoms. The molecule has 112 valence electrons. The van der Waals surface area contributed by atoms with E-state index in [1.165, 1.54) is 6.08 Å². The van der Waals surface area contributed by atoms with E-state index in [-0.39, 0.29) is 5.57 Å². The van der Waals surface area contributed by atoms with Crippen LogP contribution < -0.4 is 4.90 Å². The molecule has 23 heavy (non-hydrogen) atoms. The Morgan fingerprint density at radius 2 is 1.48 bits per heavy atom. The average molecular weight is 301 g/mol. The van der Waals surface area contributed by atoms with Crippen LogP contribution >= 0.6 is 0 Å². The molecular formula is C18H15N5. The number of hydrogen-bond acceptors (Lipinski definition) is 5. The summed E-state index contributed by atoms with van der Waals surface area (Å²) in [7, 11) is 3.88. The van der Waals surface area contributed by atoms with Crippen molar-refractivity contribution in [1.29, 1.82) is 10.5 Å². The lowest BCUT2D eigenvalue weighted by molar-refractivity contribution is 1.11. The summed E-state index contributed by atoms with van der Waals surface area (Å²) in [5, 5.41) is 26.3. The molecule has 5 nitrogen and oxygen atoms in total. The molecule has 0 fully saturated rings. The van der Waals surface area contributed by atoms with Gasteiger partial charge in [0.1, 0.15) is 23.4 Å². The molecule has 0 aliphatic rings. The maximum absolute atomic E-state index is 8.88. The van der Waals surface area contributed by atoms with Gasteiger partial charge in [-0.05, 0) is 24.3 Å². The molecule has 0 heterocycles. The van der Waals surface area contributed by atoms with Crippen LogP contribution in [0, 0.1) is 22.7 Å². The number of para-hydroxylation sites is 1. The van der Waals surface area contributed by atoms with Gasteiger partial charge >= 0.3 is 0 Å². The number of allylic oxidation sites excluding steroid dienone is 1. The van der Waals surface area contributed by atoms with Crippen LogP contribution in [0.15, 0.2) is 64.3 Å². The number of rotatable bonds is 4. The van der Waals surface area contributed by atoms with Crippen molar-refractivity contribution in [2.45, 2.75) is 0 Å². The fourth-order valence-corrected chi connectivity index (χ4v) is 1.98. The van der Waals surface area contributed by atoms with E-state index in [1.54, 1.807) is 12.1 Å². The summed E-state index contributed by atoms with van der Waals surface area (Å²) in [6.45, 7) is 0. The predicted molar refractivity (Wildman–Crippen MR) is 90.6 cm³/mol. The summed E-state index contributed by atoms with van der Waals surface area (Å²) in [4.78, 5) is 1.96. The molecule has 0 amide bonds. The molecule has 0 atom stereocenters. The van der Waals surface area contributed by atoms with Gasteiger partial charge in [0.15, 0.2) is 0 Å². The monoisotopic (exact) mass is 301 g/mol. The van der Waals surface area contributed by atoms with Crippen molar-refractivity contribution in [1.82, 2.24) is 0 Å². The Kier molecular flexibility index (Phi) is 5.22. The van der Waals surface area contributed by atoms with Crippen molar-refractivity contribution < 1.29 is 0 Å². The molecule has 5 heteroatoms. The van der Waals surface area contributed by atoms with Gasteiger partial charge in [-0.2, -0.15) is 10.5 Å². The number of benzene rings is 2. The zero-order valence-corrected chi connectivity index (χ0v) is 12.9. The van der Waals surface area contributed by atoms with Gasteiger partial charge in [-0.3, -0.25) is 0 Å². The lowest BCUT2D eigenvalue weighted by Crippen LogP contribution is -2.08. The highest BCUT2D eigenvalue weighted by Gasteiger charge is 2.04. The van der Waals surface area contributed by atoms with Gasteiger partial charge < -0.3 is 4.90 Å². The molecule has 0 unspecified atom stereocenters. The fraction of sp³-hybridized carbons (Fsp3) is 0.111. The van der Waals surface area contributed by atoms with Crippen molar-refractivity contribution in [2.75, 3.05) is 19.0 Å². The maximum atomic E-state index is 8.88. The van der Waals surface area contributed by atoms with Crippen LogP contribution in [-0.4, -0.2) is 14.1 Å². The minimum atomic E-state index is 0.0290. The first kappa shape index (κ1) is 15.9. The van der Waals surface area contributed by atoms with E-state index >= 15 is 0 Å². The van der Waals surface area contributed by atoms with Crippen molar-refractivity contribution >= 4 is 23.1 Å². The summed E-state index contributed by atoms with van der Waals surface area (Å²) in [5.74, 6) is 0. The summed E-state index contributed by atoms with van der Waals surface area (Å²) in [5.41, 5.74) is 3.01. The van der Waals surface area contributed by atoms with Gasteiger partial charge in [0.25, 0.3) is 0 Å². The van der Waals surface area contributed by atoms with Crippen LogP contribution in [0.5, 0.6) is 0 Å². The number of nitrogens with zero attached hydrogens (tertiary/aromatic N) is 5. The van der Waals surface area contributed by atoms with Gasteiger partial charge in [0.05, 0.1) is 11.4 Å². The van der Waals surface area contributed by atoms with Crippen LogP contribution in [0.1, 0.15) is 5.56 Å². The molecular weight excluding hydrogens is 286 g/mol. The number of nitriles is 2. The third-order valence-corrected chi connectivity index (χ3v) is 3.11. The number of azo groups is 1. The minimum Gasteiger partial charge on any atom is -0.376 e. The summed E-state index contributed by atoms with van der Waals surface area (Å²) in [6, 6.07) is 18.6. The highest BCUT2D eigenvalue weighted by molar-refractivity contribution is 5.70. The molecule has 0 saturated carbocycles. The van der Waals surface area contributed by atoms with Crippen molar-refractivity contribution in [2.24, 2.45) is 10.2 Å². The smallest absolute Gasteiger partial charge is 0.130 e. The van der Waals surface area contributed by atoms with Crippen LogP contribution in [0.2, 0.25) is 0 Å². The van der Waals surface area contributed by atoms with E-state index < -0.39 is 0 Å². The standard InChI is InChI=1S/C18H15N5/c1-23(2)18-10-6-5-9-17(18)22-21-16-8-4-3-7-15(16)11-14(12-19)13-20/h3-11H,1-2H3. The van der Waals surface area contributed by atoms with Crippen LogP contribution in [-0.2, 0) is 0 Å². The minimum absolute atomic E-state index is 0.0290. The Hall–Kier alpha value is -3.44. The Morgan fingerprint density at radius 3 is 2.13 bits per heavy atom. The van der Waals surface area contributed by atoms with E-state index in [2.05, 4.69) is 10.2 Å². The quantitative estimate of drug-likeness (QED) is 0.611. The lowest BCUT2D eigenvalue weighted by atomic mass is 10.1. The average Bonchev–Trinajstić information content (AvgIpc) is 2.58. The summed E-state index contributed by atoms with van der Waals surface area (Å²) >= 11 is 0. The van der Waals surface area contributed by atoms with E-state index in [0.717, 1.165) is 11.4 Å². The van der Waals surface area contributed by atoms with E-state index in [9.17, 15) is 0 Å². The van der Waals surface area contributed by atoms with E-state index in [4.69, 9.17) is 10.5 Å². The third-order valence-electron chi connectivity index (χ3n) is 3.11. The highest BCUT2D eigenvalue weighted by Crippen LogP contribution is 2.30. The summed E-state index contributed by atoms with van der Waals surface area (Å²) < 4.78 is 0. The molecule has 0 radical (unpaired) electrons. The van der Waals surface area contributed by atoms with Crippen molar-refractivity contribution in [3.63, 3.8) is 0 Å². The predicted octanol–water partition coefficient (Wildman–Crippen LogP) is 4.60. The largest absolute Gasteiger partial charge is 0.376 e. The molecule has 0 saturated heterocycles. The van der Waals surface area contributed by atoms with Gasteiger partial charge in [0.2, 0.25) is 0 Å². The molecule has 2 aromatic rings.